The largest absolute Gasteiger partial charge is 0.490 e. The highest BCUT2D eigenvalue weighted by Gasteiger charge is 2.32. The maximum atomic E-state index is 12.4. The molecule has 2 aromatic carbocycles. The van der Waals surface area contributed by atoms with Gasteiger partial charge >= 0.3 is 12.0 Å². The molecule has 1 aliphatic rings. The zero-order valence-electron chi connectivity index (χ0n) is 21.7. The van der Waals surface area contributed by atoms with Gasteiger partial charge < -0.3 is 30.0 Å². The minimum absolute atomic E-state index is 0.0977. The fourth-order valence-corrected chi connectivity index (χ4v) is 3.79. The Bertz CT molecular complexity index is 1160. The van der Waals surface area contributed by atoms with Gasteiger partial charge in [-0.3, -0.25) is 5.43 Å². The number of aliphatic hydroxyl groups is 1. The molecule has 0 aliphatic carbocycles. The van der Waals surface area contributed by atoms with E-state index in [1.807, 2.05) is 31.2 Å². The van der Waals surface area contributed by atoms with Crippen LogP contribution in [0.15, 0.2) is 58.8 Å². The predicted octanol–water partition coefficient (Wildman–Crippen LogP) is 3.33. The third-order valence-corrected chi connectivity index (χ3v) is 5.71. The van der Waals surface area contributed by atoms with Gasteiger partial charge in [-0.15, -0.1) is 0 Å². The van der Waals surface area contributed by atoms with Crippen molar-refractivity contribution in [2.75, 3.05) is 20.3 Å². The Morgan fingerprint density at radius 1 is 1.16 bits per heavy atom. The zero-order valence-corrected chi connectivity index (χ0v) is 21.7. The lowest BCUT2D eigenvalue weighted by molar-refractivity contribution is -0.136. The summed E-state index contributed by atoms with van der Waals surface area (Å²) in [6, 6.07) is 11.9. The molecular formula is C27H34N4O6. The topological polar surface area (TPSA) is 131 Å². The highest BCUT2D eigenvalue weighted by Crippen LogP contribution is 2.34. The van der Waals surface area contributed by atoms with E-state index < -0.39 is 24.3 Å². The Morgan fingerprint density at radius 2 is 1.89 bits per heavy atom. The Hall–Kier alpha value is -4.05. The van der Waals surface area contributed by atoms with E-state index in [1.54, 1.807) is 31.3 Å². The van der Waals surface area contributed by atoms with Gasteiger partial charge in [0.05, 0.1) is 31.5 Å². The molecule has 0 fully saturated rings. The number of rotatable bonds is 11. The van der Waals surface area contributed by atoms with Gasteiger partial charge in [0.1, 0.15) is 6.61 Å². The van der Waals surface area contributed by atoms with Crippen molar-refractivity contribution >= 4 is 18.2 Å². The number of nitrogens with zero attached hydrogens (tertiary/aromatic N) is 1. The van der Waals surface area contributed by atoms with Crippen LogP contribution >= 0.6 is 0 Å². The molecule has 1 aliphatic heterocycles. The third kappa shape index (κ3) is 7.23. The number of hydrogen-bond acceptors (Lipinski definition) is 8. The Morgan fingerprint density at radius 3 is 2.54 bits per heavy atom. The van der Waals surface area contributed by atoms with Crippen LogP contribution < -0.4 is 25.5 Å². The van der Waals surface area contributed by atoms with E-state index in [0.29, 0.717) is 35.3 Å². The summed E-state index contributed by atoms with van der Waals surface area (Å²) in [7, 11) is 1.28. The highest BCUT2D eigenvalue weighted by molar-refractivity contribution is 5.95. The molecule has 0 unspecified atom stereocenters. The predicted molar refractivity (Wildman–Crippen MR) is 139 cm³/mol. The summed E-state index contributed by atoms with van der Waals surface area (Å²) in [5.74, 6) is 0.683. The fourth-order valence-electron chi connectivity index (χ4n) is 3.79. The van der Waals surface area contributed by atoms with Crippen molar-refractivity contribution in [3.8, 4) is 11.5 Å². The van der Waals surface area contributed by atoms with E-state index in [-0.39, 0.29) is 12.2 Å². The summed E-state index contributed by atoms with van der Waals surface area (Å²) in [6.07, 6.45) is 0.552. The number of aliphatic hydroxyl groups excluding tert-OH is 1. The van der Waals surface area contributed by atoms with E-state index in [9.17, 15) is 14.7 Å². The number of hydrogen-bond donors (Lipinski definition) is 4. The second-order valence-corrected chi connectivity index (χ2v) is 8.74. The standard InChI is InChI=1S/C27H34N4O6/c1-6-36-22-13-20(25-24(26(33)35-5)17(4)29-27(34)30-25)11-12-21(22)37-15-23(32)31-28-14-18-7-9-19(10-8-18)16(2)3/h7-14,16,23,25,31-32H,6,15H2,1-5H3,(H2,29,30,34)/b28-14-/t23-,25-/m0/s1. The number of methoxy groups -OCH3 is 1. The van der Waals surface area contributed by atoms with Crippen LogP contribution in [-0.2, 0) is 9.53 Å². The molecule has 0 spiro atoms. The fraction of sp³-hybridized carbons (Fsp3) is 0.370. The summed E-state index contributed by atoms with van der Waals surface area (Å²) >= 11 is 0. The van der Waals surface area contributed by atoms with Crippen LogP contribution in [0.2, 0.25) is 0 Å². The summed E-state index contributed by atoms with van der Waals surface area (Å²) in [4.78, 5) is 24.4. The van der Waals surface area contributed by atoms with E-state index in [1.165, 1.54) is 12.7 Å². The van der Waals surface area contributed by atoms with Crippen molar-refractivity contribution in [2.45, 2.75) is 45.9 Å². The van der Waals surface area contributed by atoms with Gasteiger partial charge in [-0.2, -0.15) is 5.10 Å². The van der Waals surface area contributed by atoms with Crippen LogP contribution in [0.5, 0.6) is 11.5 Å². The second kappa shape index (κ2) is 12.8. The van der Waals surface area contributed by atoms with Crippen LogP contribution in [0.3, 0.4) is 0 Å². The van der Waals surface area contributed by atoms with Crippen molar-refractivity contribution in [3.63, 3.8) is 0 Å². The molecule has 198 valence electrons. The minimum Gasteiger partial charge on any atom is -0.490 e. The molecule has 1 heterocycles. The first-order valence-corrected chi connectivity index (χ1v) is 12.1. The van der Waals surface area contributed by atoms with Gasteiger partial charge in [0, 0.05) is 5.70 Å². The Labute approximate surface area is 216 Å². The first kappa shape index (κ1) is 27.5. The molecular weight excluding hydrogens is 476 g/mol. The lowest BCUT2D eigenvalue weighted by Gasteiger charge is -2.28. The Kier molecular flexibility index (Phi) is 9.51. The molecule has 2 aromatic rings. The number of nitrogens with one attached hydrogen (secondary N) is 3. The third-order valence-electron chi connectivity index (χ3n) is 5.71. The SMILES string of the molecule is CCOc1cc([C@@H]2NC(=O)NC(C)=C2C(=O)OC)ccc1OC[C@H](O)N/N=C\c1ccc(C(C)C)cc1. The summed E-state index contributed by atoms with van der Waals surface area (Å²) < 4.78 is 16.4. The average Bonchev–Trinajstić information content (AvgIpc) is 2.87. The quantitative estimate of drug-likeness (QED) is 0.158. The van der Waals surface area contributed by atoms with Gasteiger partial charge in [0.15, 0.2) is 17.7 Å². The lowest BCUT2D eigenvalue weighted by Crippen LogP contribution is -2.45. The number of benzene rings is 2. The number of ether oxygens (including phenoxy) is 3. The maximum Gasteiger partial charge on any atom is 0.337 e. The first-order valence-electron chi connectivity index (χ1n) is 12.1. The molecule has 0 aromatic heterocycles. The van der Waals surface area contributed by atoms with Gasteiger partial charge in [0.25, 0.3) is 0 Å². The van der Waals surface area contributed by atoms with Crippen LogP contribution in [0.1, 0.15) is 56.3 Å². The lowest BCUT2D eigenvalue weighted by atomic mass is 9.95. The second-order valence-electron chi connectivity index (χ2n) is 8.74. The van der Waals surface area contributed by atoms with E-state index in [0.717, 1.165) is 5.56 Å². The molecule has 0 saturated heterocycles. The van der Waals surface area contributed by atoms with Crippen molar-refractivity contribution in [2.24, 2.45) is 5.10 Å². The molecule has 10 nitrogen and oxygen atoms in total. The van der Waals surface area contributed by atoms with Gasteiger partial charge in [-0.05, 0) is 48.6 Å². The van der Waals surface area contributed by atoms with Crippen LogP contribution in [0.4, 0.5) is 4.79 Å². The van der Waals surface area contributed by atoms with Crippen molar-refractivity contribution in [1.29, 1.82) is 0 Å². The smallest absolute Gasteiger partial charge is 0.337 e. The van der Waals surface area contributed by atoms with Gasteiger partial charge in [-0.1, -0.05) is 44.2 Å². The normalized spacial score (nSPS) is 16.3. The molecule has 2 atom stereocenters. The summed E-state index contributed by atoms with van der Waals surface area (Å²) in [6.45, 7) is 7.99. The molecule has 0 saturated carbocycles. The zero-order chi connectivity index (χ0) is 26.9. The molecule has 4 N–H and O–H groups in total. The molecule has 0 radical (unpaired) electrons. The van der Waals surface area contributed by atoms with Crippen molar-refractivity contribution in [3.05, 3.63) is 70.4 Å². The van der Waals surface area contributed by atoms with Gasteiger partial charge in [0.2, 0.25) is 0 Å². The van der Waals surface area contributed by atoms with E-state index in [2.05, 4.69) is 35.0 Å². The molecule has 37 heavy (non-hydrogen) atoms. The first-order chi connectivity index (χ1) is 17.7. The van der Waals surface area contributed by atoms with E-state index in [4.69, 9.17) is 14.2 Å². The van der Waals surface area contributed by atoms with Crippen LogP contribution in [0.25, 0.3) is 0 Å². The molecule has 2 amide bonds. The number of allylic oxidation sites excluding steroid dienone is 1. The minimum atomic E-state index is -1.07. The van der Waals surface area contributed by atoms with Crippen molar-refractivity contribution < 1.29 is 28.9 Å². The average molecular weight is 511 g/mol. The number of urea groups is 1. The monoisotopic (exact) mass is 510 g/mol. The number of esters is 1. The van der Waals surface area contributed by atoms with Crippen LogP contribution in [-0.4, -0.2) is 49.9 Å². The maximum absolute atomic E-state index is 12.4. The summed E-state index contributed by atoms with van der Waals surface area (Å²) in [5.41, 5.74) is 6.08. The highest BCUT2D eigenvalue weighted by atomic mass is 16.5. The van der Waals surface area contributed by atoms with Crippen molar-refractivity contribution in [1.82, 2.24) is 16.1 Å². The number of carbonyl (C=O) groups excluding carboxylic acids is 2. The van der Waals surface area contributed by atoms with E-state index >= 15 is 0 Å². The molecule has 10 heteroatoms. The number of hydrazone groups is 1. The molecule has 0 bridgehead atoms. The Balaban J connectivity index is 1.67. The number of carbonyl (C=O) groups is 2. The molecule has 3 rings (SSSR count). The summed E-state index contributed by atoms with van der Waals surface area (Å²) in [5, 5.41) is 19.7. The van der Waals surface area contributed by atoms with Gasteiger partial charge in [-0.25, -0.2) is 9.59 Å². The van der Waals surface area contributed by atoms with Crippen LogP contribution in [0, 0.1) is 0 Å². The number of amides is 2.